The molecule has 4 aromatic rings. The van der Waals surface area contributed by atoms with E-state index in [9.17, 15) is 19.0 Å². The molecule has 0 amide bonds. The van der Waals surface area contributed by atoms with E-state index in [1.807, 2.05) is 0 Å². The average Bonchev–Trinajstić information content (AvgIpc) is 3.51. The Morgan fingerprint density at radius 2 is 2.02 bits per heavy atom. The first-order valence-corrected chi connectivity index (χ1v) is 14.6. The average molecular weight is 605 g/mol. The number of rotatable bonds is 5. The van der Waals surface area contributed by atoms with Gasteiger partial charge < -0.3 is 25.6 Å². The number of aromatic nitrogens is 3. The van der Waals surface area contributed by atoms with Gasteiger partial charge in [-0.15, -0.1) is 6.42 Å². The monoisotopic (exact) mass is 604 g/mol. The summed E-state index contributed by atoms with van der Waals surface area (Å²) in [5, 5.41) is 21.8. The van der Waals surface area contributed by atoms with Crippen LogP contribution in [0.25, 0.3) is 32.9 Å². The van der Waals surface area contributed by atoms with Crippen LogP contribution in [0.2, 0.25) is 0 Å². The number of pyridine rings is 1. The van der Waals surface area contributed by atoms with E-state index < -0.39 is 29.4 Å². The Labute approximate surface area is 251 Å². The highest BCUT2D eigenvalue weighted by atomic mass is 19.1. The van der Waals surface area contributed by atoms with Crippen molar-refractivity contribution in [2.45, 2.75) is 49.5 Å². The minimum Gasteiger partial charge on any atom is -0.508 e. The number of fused-ring (bicyclic) bond motifs is 3. The molecule has 3 fully saturated rings. The molecule has 44 heavy (non-hydrogen) atoms. The molecule has 0 aliphatic carbocycles. The molecule has 0 bridgehead atoms. The summed E-state index contributed by atoms with van der Waals surface area (Å²) in [5.41, 5.74) is 5.38. The Balaban J connectivity index is 1.39. The number of hydrogen-bond acceptors (Lipinski definition) is 9. The Morgan fingerprint density at radius 3 is 2.82 bits per heavy atom. The Bertz CT molecular complexity index is 1820. The first-order chi connectivity index (χ1) is 21.2. The number of aliphatic hydroxyl groups is 1. The van der Waals surface area contributed by atoms with E-state index in [1.165, 1.54) is 30.5 Å². The van der Waals surface area contributed by atoms with Crippen molar-refractivity contribution < 1.29 is 28.1 Å². The van der Waals surface area contributed by atoms with Crippen molar-refractivity contribution in [2.24, 2.45) is 5.73 Å². The second kappa shape index (κ2) is 10.8. The molecule has 1 unspecified atom stereocenters. The molecule has 4 N–H and O–H groups in total. The normalized spacial score (nSPS) is 25.5. The highest BCUT2D eigenvalue weighted by Crippen LogP contribution is 2.42. The fraction of sp³-hybridized carbons (Fsp3) is 0.406. The van der Waals surface area contributed by atoms with Crippen molar-refractivity contribution in [1.82, 2.24) is 19.9 Å². The smallest absolute Gasteiger partial charge is 0.319 e. The maximum Gasteiger partial charge on any atom is 0.319 e. The molecule has 3 saturated heterocycles. The Kier molecular flexibility index (Phi) is 6.99. The molecule has 0 spiro atoms. The van der Waals surface area contributed by atoms with E-state index in [0.717, 1.165) is 19.4 Å². The van der Waals surface area contributed by atoms with Crippen LogP contribution in [0.4, 0.5) is 19.0 Å². The third-order valence-electron chi connectivity index (χ3n) is 9.09. The standard InChI is InChI=1S/C32H31F3N6O3/c1-2-22-25(34)5-4-17-8-20(42)10-23(26(17)22)28-27(35)29-24(12-37-28)30(40-14-19(36)9-21(43)15-40)39-31(38-29)44-16-32-6-3-7-41(32)13-18(33)11-32/h1,4-5,8,10,12,18-19,21,42-43H,3,6-7,9,11,13-16,36H2/t18-,19?,21+,32+/m1/s1. The van der Waals surface area contributed by atoms with Gasteiger partial charge in [-0.1, -0.05) is 12.0 Å². The number of phenols is 1. The molecule has 12 heteroatoms. The Hall–Kier alpha value is -4.18. The van der Waals surface area contributed by atoms with Gasteiger partial charge in [-0.25, -0.2) is 13.2 Å². The third-order valence-corrected chi connectivity index (χ3v) is 9.09. The molecule has 4 atom stereocenters. The third kappa shape index (κ3) is 4.76. The highest BCUT2D eigenvalue weighted by Gasteiger charge is 2.49. The van der Waals surface area contributed by atoms with Crippen molar-refractivity contribution in [3.05, 3.63) is 47.7 Å². The summed E-state index contributed by atoms with van der Waals surface area (Å²) in [6.07, 6.45) is 7.78. The predicted octanol–water partition coefficient (Wildman–Crippen LogP) is 3.66. The van der Waals surface area contributed by atoms with Crippen molar-refractivity contribution in [2.75, 3.05) is 37.7 Å². The highest BCUT2D eigenvalue weighted by molar-refractivity contribution is 6.03. The number of aliphatic hydroxyl groups excluding tert-OH is 1. The van der Waals surface area contributed by atoms with Gasteiger partial charge in [-0.2, -0.15) is 9.97 Å². The fourth-order valence-electron chi connectivity index (χ4n) is 7.20. The number of terminal acetylenes is 1. The van der Waals surface area contributed by atoms with Crippen LogP contribution in [0, 0.1) is 24.0 Å². The number of alkyl halides is 1. The van der Waals surface area contributed by atoms with Crippen LogP contribution >= 0.6 is 0 Å². The molecular formula is C32H31F3N6O3. The molecule has 0 radical (unpaired) electrons. The minimum atomic E-state index is -0.954. The zero-order chi connectivity index (χ0) is 30.7. The second-order valence-corrected chi connectivity index (χ2v) is 12.1. The predicted molar refractivity (Wildman–Crippen MR) is 159 cm³/mol. The summed E-state index contributed by atoms with van der Waals surface area (Å²) in [4.78, 5) is 17.3. The van der Waals surface area contributed by atoms with E-state index in [0.29, 0.717) is 31.3 Å². The van der Waals surface area contributed by atoms with Crippen molar-refractivity contribution in [3.63, 3.8) is 0 Å². The molecule has 2 aromatic carbocycles. The maximum absolute atomic E-state index is 16.7. The summed E-state index contributed by atoms with van der Waals surface area (Å²) in [6.45, 7) is 1.79. The van der Waals surface area contributed by atoms with E-state index >= 15 is 4.39 Å². The topological polar surface area (TPSA) is 121 Å². The number of phenolic OH excluding ortho intramolecular Hbond substituents is 1. The van der Waals surface area contributed by atoms with Crippen LogP contribution in [0.5, 0.6) is 11.8 Å². The van der Waals surface area contributed by atoms with Gasteiger partial charge >= 0.3 is 6.01 Å². The lowest BCUT2D eigenvalue weighted by molar-refractivity contribution is 0.107. The lowest BCUT2D eigenvalue weighted by Gasteiger charge is -2.35. The number of nitrogens with two attached hydrogens (primary N) is 1. The number of nitrogens with zero attached hydrogens (tertiary/aromatic N) is 5. The summed E-state index contributed by atoms with van der Waals surface area (Å²) in [7, 11) is 0. The zero-order valence-electron chi connectivity index (χ0n) is 23.8. The number of hydrogen-bond donors (Lipinski definition) is 3. The quantitative estimate of drug-likeness (QED) is 0.293. The van der Waals surface area contributed by atoms with Gasteiger partial charge in [0.2, 0.25) is 0 Å². The van der Waals surface area contributed by atoms with Crippen LogP contribution in [0.1, 0.15) is 31.2 Å². The lowest BCUT2D eigenvalue weighted by atomic mass is 9.95. The fourth-order valence-corrected chi connectivity index (χ4v) is 7.20. The number of anilines is 1. The van der Waals surface area contributed by atoms with Gasteiger partial charge in [0.1, 0.15) is 41.4 Å². The SMILES string of the molecule is C#Cc1c(F)ccc2cc(O)cc(-c3ncc4c(N5CC(N)C[C@H](O)C5)nc(OC[C@@]56CCCN5C[C@H](F)C6)nc4c3F)c12. The van der Waals surface area contributed by atoms with Crippen LogP contribution in [0.15, 0.2) is 30.5 Å². The van der Waals surface area contributed by atoms with Gasteiger partial charge in [-0.3, -0.25) is 9.88 Å². The van der Waals surface area contributed by atoms with Gasteiger partial charge in [0.25, 0.3) is 0 Å². The summed E-state index contributed by atoms with van der Waals surface area (Å²) in [6, 6.07) is 4.85. The maximum atomic E-state index is 16.7. The Morgan fingerprint density at radius 1 is 1.18 bits per heavy atom. The first kappa shape index (κ1) is 28.6. The van der Waals surface area contributed by atoms with Gasteiger partial charge in [-0.05, 0) is 49.4 Å². The summed E-state index contributed by atoms with van der Waals surface area (Å²) in [5.74, 6) is 0.900. The molecule has 9 nitrogen and oxygen atoms in total. The number of aromatic hydroxyl groups is 1. The second-order valence-electron chi connectivity index (χ2n) is 12.1. The van der Waals surface area contributed by atoms with E-state index in [4.69, 9.17) is 16.9 Å². The van der Waals surface area contributed by atoms with E-state index in [2.05, 4.69) is 25.8 Å². The molecule has 3 aliphatic heterocycles. The molecule has 2 aromatic heterocycles. The van der Waals surface area contributed by atoms with Crippen LogP contribution in [0.3, 0.4) is 0 Å². The van der Waals surface area contributed by atoms with Gasteiger partial charge in [0, 0.05) is 49.2 Å². The van der Waals surface area contributed by atoms with Crippen molar-refractivity contribution >= 4 is 27.5 Å². The molecule has 3 aliphatic rings. The lowest BCUT2D eigenvalue weighted by Crippen LogP contribution is -2.49. The largest absolute Gasteiger partial charge is 0.508 e. The van der Waals surface area contributed by atoms with Gasteiger partial charge in [0.05, 0.1) is 22.6 Å². The molecule has 0 saturated carbocycles. The number of ether oxygens (including phenoxy) is 1. The summed E-state index contributed by atoms with van der Waals surface area (Å²) < 4.78 is 51.9. The van der Waals surface area contributed by atoms with Crippen molar-refractivity contribution in [3.8, 4) is 35.4 Å². The number of benzene rings is 2. The van der Waals surface area contributed by atoms with Gasteiger partial charge in [0.15, 0.2) is 5.82 Å². The molecule has 7 rings (SSSR count). The summed E-state index contributed by atoms with van der Waals surface area (Å²) >= 11 is 0. The first-order valence-electron chi connectivity index (χ1n) is 14.6. The minimum absolute atomic E-state index is 0.0883. The number of piperidine rings is 1. The van der Waals surface area contributed by atoms with Crippen LogP contribution < -0.4 is 15.4 Å². The van der Waals surface area contributed by atoms with Crippen LogP contribution in [-0.2, 0) is 0 Å². The van der Waals surface area contributed by atoms with Crippen molar-refractivity contribution in [1.29, 1.82) is 0 Å². The van der Waals surface area contributed by atoms with Crippen LogP contribution in [-0.4, -0.2) is 86.7 Å². The number of β-amino-alcohol motifs (C(OH)–C–C–N with tert-alkyl or cyclic N) is 1. The van der Waals surface area contributed by atoms with E-state index in [-0.39, 0.29) is 69.9 Å². The zero-order valence-corrected chi connectivity index (χ0v) is 23.8. The molecule has 5 heterocycles. The number of halogens is 3. The molecular weight excluding hydrogens is 573 g/mol. The van der Waals surface area contributed by atoms with E-state index in [1.54, 1.807) is 4.90 Å². The molecule has 228 valence electrons.